The van der Waals surface area contributed by atoms with Crippen LogP contribution in [0.3, 0.4) is 0 Å². The van der Waals surface area contributed by atoms with Gasteiger partial charge in [-0.3, -0.25) is 9.78 Å². The molecule has 0 aliphatic heterocycles. The highest BCUT2D eigenvalue weighted by molar-refractivity contribution is 7.98. The van der Waals surface area contributed by atoms with Crippen LogP contribution in [-0.2, 0) is 27.4 Å². The molecule has 206 valence electrons. The van der Waals surface area contributed by atoms with E-state index < -0.39 is 17.7 Å². The summed E-state index contributed by atoms with van der Waals surface area (Å²) in [5, 5.41) is 0.742. The van der Waals surface area contributed by atoms with Crippen molar-refractivity contribution >= 4 is 40.5 Å². The fraction of sp³-hybridized carbons (Fsp3) is 0.172. The van der Waals surface area contributed by atoms with Gasteiger partial charge in [-0.1, -0.05) is 36.0 Å². The van der Waals surface area contributed by atoms with Crippen LogP contribution in [0.25, 0.3) is 22.4 Å². The number of hydrogen-bond donors (Lipinski definition) is 1. The summed E-state index contributed by atoms with van der Waals surface area (Å²) in [6.45, 7) is 3.10. The van der Waals surface area contributed by atoms with Crippen molar-refractivity contribution in [3.63, 3.8) is 0 Å². The normalized spacial score (nSPS) is 11.6. The number of para-hydroxylation sites is 2. The lowest BCUT2D eigenvalue weighted by molar-refractivity contribution is -0.211. The molecule has 5 aromatic rings. The van der Waals surface area contributed by atoms with E-state index in [9.17, 15) is 18.0 Å². The first kappa shape index (κ1) is 27.7. The number of halogens is 3. The summed E-state index contributed by atoms with van der Waals surface area (Å²) in [5.74, 6) is 2.13. The lowest BCUT2D eigenvalue weighted by atomic mass is 10.1. The predicted octanol–water partition coefficient (Wildman–Crippen LogP) is 8.59. The summed E-state index contributed by atoms with van der Waals surface area (Å²) in [6, 6.07) is 20.0. The van der Waals surface area contributed by atoms with Crippen molar-refractivity contribution in [3.8, 4) is 17.1 Å². The molecule has 3 aromatic carbocycles. The van der Waals surface area contributed by atoms with Crippen molar-refractivity contribution in [2.75, 3.05) is 0 Å². The molecule has 0 fully saturated rings. The molecule has 11 heteroatoms. The van der Waals surface area contributed by atoms with E-state index in [1.54, 1.807) is 17.8 Å². The molecule has 0 saturated carbocycles. The average Bonchev–Trinajstić information content (AvgIpc) is 3.53. The Morgan fingerprint density at radius 1 is 1.00 bits per heavy atom. The van der Waals surface area contributed by atoms with Crippen LogP contribution < -0.4 is 4.89 Å². The Labute approximate surface area is 236 Å². The molecule has 0 unspecified atom stereocenters. The number of imidazole rings is 1. The minimum Gasteiger partial charge on any atom is -0.460 e. The molecule has 2 aromatic heterocycles. The predicted molar refractivity (Wildman–Crippen MR) is 148 cm³/mol. The van der Waals surface area contributed by atoms with Crippen LogP contribution in [-0.4, -0.2) is 15.9 Å². The van der Waals surface area contributed by atoms with Gasteiger partial charge in [0.15, 0.2) is 10.9 Å². The van der Waals surface area contributed by atoms with Crippen LogP contribution in [0.4, 0.5) is 13.2 Å². The number of benzene rings is 3. The van der Waals surface area contributed by atoms with Crippen molar-refractivity contribution in [2.24, 2.45) is 0 Å². The summed E-state index contributed by atoms with van der Waals surface area (Å²) < 4.78 is 45.3. The number of nitrogens with one attached hydrogen (secondary N) is 1. The van der Waals surface area contributed by atoms with Gasteiger partial charge in [0.05, 0.1) is 22.3 Å². The second-order valence-electron chi connectivity index (χ2n) is 8.86. The van der Waals surface area contributed by atoms with Crippen molar-refractivity contribution < 1.29 is 32.2 Å². The molecule has 5 rings (SSSR count). The molecular weight excluding hydrogens is 561 g/mol. The van der Waals surface area contributed by atoms with Gasteiger partial charge in [-0.25, -0.2) is 9.78 Å². The Kier molecular flexibility index (Phi) is 8.13. The number of alkyl halides is 3. The Balaban J connectivity index is 1.36. The van der Waals surface area contributed by atoms with Crippen molar-refractivity contribution in [2.45, 2.75) is 41.6 Å². The number of aromatic amines is 1. The van der Waals surface area contributed by atoms with Gasteiger partial charge in [-0.05, 0) is 61.0 Å². The SMILES string of the molecule is CC(=O)OOc1ccc(SCc2cc(-c3ccc(C(F)(F)F)cc3)oc2CSc2nc3ccccc3[nH]2)cc1C. The molecule has 1 N–H and O–H groups in total. The number of aromatic nitrogens is 2. The molecule has 0 saturated heterocycles. The van der Waals surface area contributed by atoms with Crippen LogP contribution in [0.15, 0.2) is 87.3 Å². The largest absolute Gasteiger partial charge is 0.460 e. The molecule has 6 nitrogen and oxygen atoms in total. The summed E-state index contributed by atoms with van der Waals surface area (Å²) in [4.78, 5) is 29.5. The quantitative estimate of drug-likeness (QED) is 0.106. The van der Waals surface area contributed by atoms with Gasteiger partial charge < -0.3 is 9.40 Å². The van der Waals surface area contributed by atoms with E-state index in [1.807, 2.05) is 49.4 Å². The summed E-state index contributed by atoms with van der Waals surface area (Å²) >= 11 is 3.06. The lowest BCUT2D eigenvalue weighted by Crippen LogP contribution is -2.03. The maximum Gasteiger partial charge on any atom is 0.416 e. The Morgan fingerprint density at radius 2 is 1.77 bits per heavy atom. The first-order chi connectivity index (χ1) is 19.2. The second kappa shape index (κ2) is 11.7. The van der Waals surface area contributed by atoms with E-state index in [1.165, 1.54) is 30.8 Å². The smallest absolute Gasteiger partial charge is 0.416 e. The summed E-state index contributed by atoms with van der Waals surface area (Å²) in [6.07, 6.45) is -4.41. The molecule has 0 radical (unpaired) electrons. The van der Waals surface area contributed by atoms with E-state index in [-0.39, 0.29) is 0 Å². The molecule has 0 aliphatic carbocycles. The summed E-state index contributed by atoms with van der Waals surface area (Å²) in [5.41, 5.74) is 3.35. The first-order valence-electron chi connectivity index (χ1n) is 12.1. The molecule has 0 spiro atoms. The van der Waals surface area contributed by atoms with Gasteiger partial charge in [0, 0.05) is 28.7 Å². The number of hydrogen-bond acceptors (Lipinski definition) is 7. The van der Waals surface area contributed by atoms with Crippen LogP contribution in [0, 0.1) is 6.92 Å². The number of aryl methyl sites for hydroxylation is 1. The fourth-order valence-electron chi connectivity index (χ4n) is 3.88. The zero-order valence-corrected chi connectivity index (χ0v) is 23.0. The Morgan fingerprint density at radius 3 is 2.48 bits per heavy atom. The molecule has 40 heavy (non-hydrogen) atoms. The molecule has 2 heterocycles. The van der Waals surface area contributed by atoms with E-state index in [0.717, 1.165) is 44.3 Å². The molecular formula is C29H23F3N2O4S2. The molecule has 0 bridgehead atoms. The van der Waals surface area contributed by atoms with E-state index >= 15 is 0 Å². The zero-order valence-electron chi connectivity index (χ0n) is 21.4. The second-order valence-corrected chi connectivity index (χ2v) is 10.9. The highest BCUT2D eigenvalue weighted by atomic mass is 32.2. The highest BCUT2D eigenvalue weighted by Crippen LogP contribution is 2.36. The van der Waals surface area contributed by atoms with Crippen LogP contribution in [0.5, 0.6) is 5.75 Å². The standard InChI is InChI=1S/C29H23F3N2O4S2/c1-17-13-22(11-12-25(17)38-37-18(2)35)39-15-20-14-26(19-7-9-21(10-8-19)29(30,31)32)36-27(20)16-40-28-33-23-5-3-4-6-24(23)34-28/h3-14H,15-16H2,1-2H3,(H,33,34). The third kappa shape index (κ3) is 6.65. The van der Waals surface area contributed by atoms with Crippen LogP contribution >= 0.6 is 23.5 Å². The van der Waals surface area contributed by atoms with Crippen LogP contribution in [0.1, 0.15) is 29.4 Å². The van der Waals surface area contributed by atoms with Crippen molar-refractivity contribution in [1.29, 1.82) is 0 Å². The number of nitrogens with zero attached hydrogens (tertiary/aromatic N) is 1. The number of carbonyl (C=O) groups is 1. The minimum absolute atomic E-state index is 0.440. The third-order valence-corrected chi connectivity index (χ3v) is 7.81. The van der Waals surface area contributed by atoms with E-state index in [0.29, 0.717) is 34.3 Å². The number of carbonyl (C=O) groups excluding carboxylic acids is 1. The monoisotopic (exact) mass is 584 g/mol. The average molecular weight is 585 g/mol. The first-order valence-corrected chi connectivity index (χ1v) is 14.1. The Hall–Kier alpha value is -3.83. The Bertz CT molecular complexity index is 1610. The van der Waals surface area contributed by atoms with Gasteiger partial charge in [-0.15, -0.1) is 11.8 Å². The number of furan rings is 1. The molecule has 0 atom stereocenters. The van der Waals surface area contributed by atoms with E-state index in [4.69, 9.17) is 9.30 Å². The maximum absolute atomic E-state index is 13.1. The zero-order chi connectivity index (χ0) is 28.3. The van der Waals surface area contributed by atoms with E-state index in [2.05, 4.69) is 14.9 Å². The number of rotatable bonds is 9. The van der Waals surface area contributed by atoms with Gasteiger partial charge in [0.1, 0.15) is 11.5 Å². The fourth-order valence-corrected chi connectivity index (χ4v) is 5.73. The molecule has 0 aliphatic rings. The van der Waals surface area contributed by atoms with Gasteiger partial charge in [-0.2, -0.15) is 13.2 Å². The molecule has 0 amide bonds. The van der Waals surface area contributed by atoms with Crippen molar-refractivity contribution in [3.05, 3.63) is 95.2 Å². The minimum atomic E-state index is -4.41. The van der Waals surface area contributed by atoms with Gasteiger partial charge >= 0.3 is 12.1 Å². The topological polar surface area (TPSA) is 77.3 Å². The number of fused-ring (bicyclic) bond motifs is 1. The number of thioether (sulfide) groups is 2. The van der Waals surface area contributed by atoms with Gasteiger partial charge in [0.25, 0.3) is 0 Å². The van der Waals surface area contributed by atoms with Crippen molar-refractivity contribution in [1.82, 2.24) is 9.97 Å². The lowest BCUT2D eigenvalue weighted by Gasteiger charge is -2.08. The third-order valence-electron chi connectivity index (χ3n) is 5.89. The number of H-pyrrole nitrogens is 1. The summed E-state index contributed by atoms with van der Waals surface area (Å²) in [7, 11) is 0. The van der Waals surface area contributed by atoms with Crippen LogP contribution in [0.2, 0.25) is 0 Å². The van der Waals surface area contributed by atoms with Gasteiger partial charge in [0.2, 0.25) is 0 Å². The highest BCUT2D eigenvalue weighted by Gasteiger charge is 2.30. The maximum atomic E-state index is 13.1.